The monoisotopic (exact) mass is 319 g/mol. The van der Waals surface area contributed by atoms with Gasteiger partial charge in [0.1, 0.15) is 11.8 Å². The second-order valence-electron chi connectivity index (χ2n) is 3.88. The minimum absolute atomic E-state index is 0.158. The zero-order valence-corrected chi connectivity index (χ0v) is 10.9. The second kappa shape index (κ2) is 5.41. The van der Waals surface area contributed by atoms with Crippen LogP contribution in [0.15, 0.2) is 45.9 Å². The van der Waals surface area contributed by atoms with Crippen molar-refractivity contribution in [1.29, 1.82) is 5.26 Å². The van der Waals surface area contributed by atoms with E-state index in [9.17, 15) is 22.0 Å². The van der Waals surface area contributed by atoms with Crippen LogP contribution in [0.3, 0.4) is 0 Å². The predicted octanol–water partition coefficient (Wildman–Crippen LogP) is 5.07. The average molecular weight is 319 g/mol. The molecule has 110 valence electrons. The van der Waals surface area contributed by atoms with Gasteiger partial charge in [-0.3, -0.25) is 0 Å². The van der Waals surface area contributed by atoms with E-state index >= 15 is 0 Å². The first-order chi connectivity index (χ1) is 9.76. The SMILES string of the molecule is N#Cc1c(SC(F)(F)C(F)(F)F)cccc1-c1ccco1. The number of thioether (sulfide) groups is 1. The van der Waals surface area contributed by atoms with Gasteiger partial charge in [-0.2, -0.15) is 27.2 Å². The summed E-state index contributed by atoms with van der Waals surface area (Å²) in [4.78, 5) is -0.464. The minimum Gasteiger partial charge on any atom is -0.464 e. The van der Waals surface area contributed by atoms with Crippen LogP contribution >= 0.6 is 11.8 Å². The molecule has 1 heterocycles. The fourth-order valence-electron chi connectivity index (χ4n) is 1.56. The van der Waals surface area contributed by atoms with Gasteiger partial charge in [0.15, 0.2) is 0 Å². The van der Waals surface area contributed by atoms with Crippen molar-refractivity contribution < 1.29 is 26.4 Å². The Balaban J connectivity index is 2.47. The molecule has 0 N–H and O–H groups in total. The molecule has 0 aliphatic carbocycles. The molecular weight excluding hydrogens is 313 g/mol. The predicted molar refractivity (Wildman–Crippen MR) is 65.7 cm³/mol. The highest BCUT2D eigenvalue weighted by Crippen LogP contribution is 2.49. The van der Waals surface area contributed by atoms with E-state index in [-0.39, 0.29) is 16.9 Å². The molecule has 8 heteroatoms. The quantitative estimate of drug-likeness (QED) is 0.586. The molecule has 1 aromatic heterocycles. The maximum absolute atomic E-state index is 13.1. The summed E-state index contributed by atoms with van der Waals surface area (Å²) in [5.74, 6) is 0.212. The van der Waals surface area contributed by atoms with Gasteiger partial charge in [-0.05, 0) is 36.0 Å². The maximum Gasteiger partial charge on any atom is 0.464 e. The highest BCUT2D eigenvalue weighted by atomic mass is 32.2. The largest absolute Gasteiger partial charge is 0.464 e. The van der Waals surface area contributed by atoms with Crippen molar-refractivity contribution in [2.75, 3.05) is 0 Å². The fourth-order valence-corrected chi connectivity index (χ4v) is 2.36. The number of halogens is 5. The van der Waals surface area contributed by atoms with Crippen LogP contribution in [0.2, 0.25) is 0 Å². The third-order valence-corrected chi connectivity index (χ3v) is 3.54. The van der Waals surface area contributed by atoms with E-state index in [1.807, 2.05) is 0 Å². The first-order valence-electron chi connectivity index (χ1n) is 5.47. The van der Waals surface area contributed by atoms with Crippen molar-refractivity contribution in [1.82, 2.24) is 0 Å². The van der Waals surface area contributed by atoms with Gasteiger partial charge in [-0.15, -0.1) is 0 Å². The molecule has 0 saturated carbocycles. The lowest BCUT2D eigenvalue weighted by atomic mass is 10.1. The van der Waals surface area contributed by atoms with Crippen LogP contribution in [0.25, 0.3) is 11.3 Å². The Hall–Kier alpha value is -2.01. The molecule has 0 saturated heterocycles. The maximum atomic E-state index is 13.1. The Labute approximate surface area is 120 Å². The van der Waals surface area contributed by atoms with Gasteiger partial charge in [0, 0.05) is 10.5 Å². The summed E-state index contributed by atoms with van der Waals surface area (Å²) < 4.78 is 68.0. The Bertz CT molecular complexity index is 673. The number of alkyl halides is 5. The lowest BCUT2D eigenvalue weighted by Crippen LogP contribution is -2.32. The van der Waals surface area contributed by atoms with E-state index in [1.165, 1.54) is 30.5 Å². The molecule has 0 aliphatic rings. The summed E-state index contributed by atoms with van der Waals surface area (Å²) in [5.41, 5.74) is -0.133. The molecule has 1 aromatic carbocycles. The number of nitrogens with zero attached hydrogens (tertiary/aromatic N) is 1. The van der Waals surface area contributed by atoms with E-state index in [0.717, 1.165) is 6.07 Å². The smallest absolute Gasteiger partial charge is 0.464 e. The normalized spacial score (nSPS) is 12.2. The summed E-state index contributed by atoms with van der Waals surface area (Å²) in [6.45, 7) is 0. The number of furan rings is 1. The number of hydrogen-bond acceptors (Lipinski definition) is 3. The zero-order valence-electron chi connectivity index (χ0n) is 10.1. The van der Waals surface area contributed by atoms with Crippen LogP contribution in [-0.2, 0) is 0 Å². The number of benzene rings is 1. The minimum atomic E-state index is -5.70. The Morgan fingerprint density at radius 2 is 1.76 bits per heavy atom. The summed E-state index contributed by atoms with van der Waals surface area (Å²) in [6, 6.07) is 8.37. The first kappa shape index (κ1) is 15.4. The summed E-state index contributed by atoms with van der Waals surface area (Å²) in [5, 5.41) is 4.08. The standard InChI is InChI=1S/C13H6F5NOS/c14-12(15,16)13(17,18)21-11-5-1-3-8(9(11)7-19)10-4-2-6-20-10/h1-6H. The Kier molecular flexibility index (Phi) is 3.96. The Morgan fingerprint density at radius 1 is 1.05 bits per heavy atom. The van der Waals surface area contributed by atoms with Crippen molar-refractivity contribution in [2.24, 2.45) is 0 Å². The van der Waals surface area contributed by atoms with Crippen molar-refractivity contribution in [3.63, 3.8) is 0 Å². The molecule has 2 rings (SSSR count). The van der Waals surface area contributed by atoms with E-state index in [0.29, 0.717) is 0 Å². The molecule has 0 radical (unpaired) electrons. The Morgan fingerprint density at radius 3 is 2.29 bits per heavy atom. The third-order valence-electron chi connectivity index (χ3n) is 2.49. The fraction of sp³-hybridized carbons (Fsp3) is 0.154. The zero-order chi connectivity index (χ0) is 15.7. The molecular formula is C13H6F5NOS. The highest BCUT2D eigenvalue weighted by Gasteiger charge is 2.58. The molecule has 0 aliphatic heterocycles. The van der Waals surface area contributed by atoms with Gasteiger partial charge in [0.25, 0.3) is 0 Å². The second-order valence-corrected chi connectivity index (χ2v) is 5.04. The van der Waals surface area contributed by atoms with Gasteiger partial charge in [0.2, 0.25) is 0 Å². The van der Waals surface area contributed by atoms with Gasteiger partial charge in [-0.1, -0.05) is 6.07 Å². The van der Waals surface area contributed by atoms with Crippen LogP contribution < -0.4 is 0 Å². The lowest BCUT2D eigenvalue weighted by Gasteiger charge is -2.19. The van der Waals surface area contributed by atoms with Crippen LogP contribution in [0.4, 0.5) is 22.0 Å². The van der Waals surface area contributed by atoms with Gasteiger partial charge < -0.3 is 4.42 Å². The molecule has 0 spiro atoms. The topological polar surface area (TPSA) is 36.9 Å². The van der Waals surface area contributed by atoms with Crippen molar-refractivity contribution in [2.45, 2.75) is 16.3 Å². The number of nitriles is 1. The van der Waals surface area contributed by atoms with E-state index in [4.69, 9.17) is 9.68 Å². The van der Waals surface area contributed by atoms with E-state index < -0.39 is 28.1 Å². The number of hydrogen-bond donors (Lipinski definition) is 0. The van der Waals surface area contributed by atoms with Crippen molar-refractivity contribution >= 4 is 11.8 Å². The molecule has 0 bridgehead atoms. The first-order valence-corrected chi connectivity index (χ1v) is 6.28. The van der Waals surface area contributed by atoms with Gasteiger partial charge in [0.05, 0.1) is 11.8 Å². The molecule has 2 aromatic rings. The average Bonchev–Trinajstić information content (AvgIpc) is 2.90. The lowest BCUT2D eigenvalue weighted by molar-refractivity contribution is -0.237. The molecule has 0 unspecified atom stereocenters. The van der Waals surface area contributed by atoms with Crippen LogP contribution in [0.5, 0.6) is 0 Å². The van der Waals surface area contributed by atoms with E-state index in [2.05, 4.69) is 0 Å². The molecule has 0 amide bonds. The highest BCUT2D eigenvalue weighted by molar-refractivity contribution is 8.00. The van der Waals surface area contributed by atoms with Crippen LogP contribution in [-0.4, -0.2) is 11.4 Å². The van der Waals surface area contributed by atoms with Crippen molar-refractivity contribution in [3.8, 4) is 17.4 Å². The summed E-state index contributed by atoms with van der Waals surface area (Å²) in [6.07, 6.45) is -4.40. The third kappa shape index (κ3) is 3.03. The molecule has 0 atom stereocenters. The van der Waals surface area contributed by atoms with Crippen LogP contribution in [0.1, 0.15) is 5.56 Å². The molecule has 21 heavy (non-hydrogen) atoms. The van der Waals surface area contributed by atoms with Gasteiger partial charge in [-0.25, -0.2) is 0 Å². The van der Waals surface area contributed by atoms with Crippen LogP contribution in [0, 0.1) is 11.3 Å². The van der Waals surface area contributed by atoms with Crippen molar-refractivity contribution in [3.05, 3.63) is 42.2 Å². The van der Waals surface area contributed by atoms with Gasteiger partial charge >= 0.3 is 11.4 Å². The summed E-state index contributed by atoms with van der Waals surface area (Å²) >= 11 is -0.707. The van der Waals surface area contributed by atoms with E-state index in [1.54, 1.807) is 6.07 Å². The number of rotatable bonds is 3. The molecule has 2 nitrogen and oxygen atoms in total. The molecule has 0 fully saturated rings. The summed E-state index contributed by atoms with van der Waals surface area (Å²) in [7, 11) is 0.